The lowest BCUT2D eigenvalue weighted by Crippen LogP contribution is -2.25. The van der Waals surface area contributed by atoms with Crippen LogP contribution in [0.2, 0.25) is 0 Å². The van der Waals surface area contributed by atoms with Crippen LogP contribution >= 0.6 is 0 Å². The number of pyridine rings is 2. The minimum atomic E-state index is 0.410. The third-order valence-electron chi connectivity index (χ3n) is 5.95. The minimum absolute atomic E-state index is 0.410. The standard InChI is InChI=1S/C30H36N2O9/c33-31-9-1-3-25-23-27(5-7-29(25)31)40-21-19-38-17-15-36-13-11-35-12-14-37-16-18-39-20-22-41-28-6-8-30-26(24-28)4-2-10-32(30)34/h1-10,23-24H,11-22H2. The Labute approximate surface area is 238 Å². The number of hydrogen-bond acceptors (Lipinski definition) is 9. The highest BCUT2D eigenvalue weighted by Gasteiger charge is 2.05. The van der Waals surface area contributed by atoms with Crippen LogP contribution in [0, 0.1) is 10.4 Å². The van der Waals surface area contributed by atoms with Gasteiger partial charge in [-0.3, -0.25) is 0 Å². The monoisotopic (exact) mass is 568 g/mol. The fourth-order valence-electron chi connectivity index (χ4n) is 3.94. The predicted molar refractivity (Wildman–Crippen MR) is 151 cm³/mol. The molecule has 2 aromatic heterocycles. The molecule has 0 atom stereocenters. The van der Waals surface area contributed by atoms with Gasteiger partial charge in [0, 0.05) is 24.3 Å². The molecule has 0 saturated heterocycles. The van der Waals surface area contributed by atoms with Crippen molar-refractivity contribution >= 4 is 21.8 Å². The van der Waals surface area contributed by atoms with Gasteiger partial charge in [-0.2, -0.15) is 9.46 Å². The largest absolute Gasteiger partial charge is 0.618 e. The topological polar surface area (TPSA) is 118 Å². The number of hydrogen-bond donors (Lipinski definition) is 0. The van der Waals surface area contributed by atoms with Gasteiger partial charge in [-0.25, -0.2) is 0 Å². The molecule has 2 heterocycles. The molecule has 0 radical (unpaired) electrons. The summed E-state index contributed by atoms with van der Waals surface area (Å²) in [5, 5.41) is 25.1. The van der Waals surface area contributed by atoms with Gasteiger partial charge in [-0.1, -0.05) is 0 Å². The number of fused-ring (bicyclic) bond motifs is 2. The number of ether oxygens (including phenoxy) is 7. The summed E-state index contributed by atoms with van der Waals surface area (Å²) in [6.07, 6.45) is 2.94. The Balaban J connectivity index is 0.884. The van der Waals surface area contributed by atoms with E-state index in [1.807, 2.05) is 24.3 Å². The molecule has 0 aliphatic rings. The molecule has 0 aliphatic carbocycles. The molecule has 0 saturated carbocycles. The van der Waals surface area contributed by atoms with Crippen molar-refractivity contribution in [3.05, 3.63) is 83.5 Å². The molecule has 2 aromatic carbocycles. The summed E-state index contributed by atoms with van der Waals surface area (Å²) in [6.45, 7) is 5.51. The second kappa shape index (κ2) is 17.2. The highest BCUT2D eigenvalue weighted by Crippen LogP contribution is 2.19. The first-order valence-electron chi connectivity index (χ1n) is 13.6. The van der Waals surface area contributed by atoms with Gasteiger partial charge in [0.05, 0.1) is 76.8 Å². The van der Waals surface area contributed by atoms with Crippen LogP contribution in [0.3, 0.4) is 0 Å². The Morgan fingerprint density at radius 2 is 0.780 bits per heavy atom. The van der Waals surface area contributed by atoms with E-state index in [1.54, 1.807) is 36.4 Å². The van der Waals surface area contributed by atoms with Crippen LogP contribution in [0.25, 0.3) is 21.8 Å². The summed E-state index contributed by atoms with van der Waals surface area (Å²) < 4.78 is 40.5. The van der Waals surface area contributed by atoms with Crippen molar-refractivity contribution in [2.45, 2.75) is 0 Å². The molecule has 0 fully saturated rings. The van der Waals surface area contributed by atoms with Crippen LogP contribution in [0.4, 0.5) is 0 Å². The molecule has 0 aliphatic heterocycles. The average molecular weight is 569 g/mol. The second-order valence-corrected chi connectivity index (χ2v) is 8.87. The van der Waals surface area contributed by atoms with E-state index in [2.05, 4.69) is 0 Å². The molecular formula is C30H36N2O9. The molecule has 11 heteroatoms. The van der Waals surface area contributed by atoms with E-state index in [9.17, 15) is 10.4 Å². The first kappa shape index (κ1) is 30.2. The summed E-state index contributed by atoms with van der Waals surface area (Å²) in [5.41, 5.74) is 1.21. The third kappa shape index (κ3) is 10.3. The zero-order valence-electron chi connectivity index (χ0n) is 23.0. The zero-order valence-corrected chi connectivity index (χ0v) is 23.0. The Bertz CT molecular complexity index is 1240. The lowest BCUT2D eigenvalue weighted by molar-refractivity contribution is -0.577. The maximum atomic E-state index is 11.7. The Morgan fingerprint density at radius 1 is 0.439 bits per heavy atom. The van der Waals surface area contributed by atoms with Crippen molar-refractivity contribution in [3.63, 3.8) is 0 Å². The van der Waals surface area contributed by atoms with Crippen molar-refractivity contribution in [1.29, 1.82) is 0 Å². The van der Waals surface area contributed by atoms with Crippen molar-refractivity contribution in [2.75, 3.05) is 79.3 Å². The first-order valence-corrected chi connectivity index (χ1v) is 13.6. The van der Waals surface area contributed by atoms with E-state index in [0.717, 1.165) is 20.2 Å². The number of aromatic nitrogens is 2. The van der Waals surface area contributed by atoms with Gasteiger partial charge in [-0.15, -0.1) is 0 Å². The van der Waals surface area contributed by atoms with E-state index in [0.29, 0.717) is 102 Å². The van der Waals surface area contributed by atoms with E-state index in [1.165, 1.54) is 12.4 Å². The smallest absolute Gasteiger partial charge is 0.223 e. The maximum Gasteiger partial charge on any atom is 0.223 e. The molecule has 0 unspecified atom stereocenters. The van der Waals surface area contributed by atoms with E-state index < -0.39 is 0 Å². The molecule has 4 aromatic rings. The fourth-order valence-corrected chi connectivity index (χ4v) is 3.94. The molecule has 41 heavy (non-hydrogen) atoms. The van der Waals surface area contributed by atoms with Gasteiger partial charge in [0.2, 0.25) is 11.0 Å². The fraction of sp³-hybridized carbons (Fsp3) is 0.400. The van der Waals surface area contributed by atoms with Crippen LogP contribution in [-0.2, 0) is 23.7 Å². The van der Waals surface area contributed by atoms with E-state index in [4.69, 9.17) is 33.2 Å². The molecule has 220 valence electrons. The van der Waals surface area contributed by atoms with Crippen LogP contribution in [0.1, 0.15) is 0 Å². The molecule has 4 rings (SSSR count). The SMILES string of the molecule is [O-][n+]1cccc2cc(OCCOCCOCCOCCOCCOCCOc3ccc4c(ccc[n+]4[O-])c3)ccc21. The Kier molecular flexibility index (Phi) is 12.6. The van der Waals surface area contributed by atoms with Crippen LogP contribution in [-0.4, -0.2) is 79.3 Å². The molecule has 0 N–H and O–H groups in total. The van der Waals surface area contributed by atoms with E-state index in [-0.39, 0.29) is 0 Å². The van der Waals surface area contributed by atoms with Crippen molar-refractivity contribution in [2.24, 2.45) is 0 Å². The number of benzene rings is 2. The zero-order chi connectivity index (χ0) is 28.5. The number of nitrogens with zero attached hydrogens (tertiary/aromatic N) is 2. The van der Waals surface area contributed by atoms with Crippen molar-refractivity contribution in [3.8, 4) is 11.5 Å². The van der Waals surface area contributed by atoms with Gasteiger partial charge >= 0.3 is 0 Å². The Morgan fingerprint density at radius 3 is 1.15 bits per heavy atom. The first-order chi connectivity index (χ1) is 20.2. The van der Waals surface area contributed by atoms with E-state index >= 15 is 0 Å². The normalized spacial score (nSPS) is 11.3. The lowest BCUT2D eigenvalue weighted by Gasteiger charge is -2.09. The molecule has 11 nitrogen and oxygen atoms in total. The van der Waals surface area contributed by atoms with Crippen LogP contribution in [0.5, 0.6) is 11.5 Å². The molecular weight excluding hydrogens is 532 g/mol. The molecule has 0 bridgehead atoms. The predicted octanol–water partition coefficient (Wildman–Crippen LogP) is 2.80. The summed E-state index contributed by atoms with van der Waals surface area (Å²) in [4.78, 5) is 0. The number of rotatable bonds is 20. The summed E-state index contributed by atoms with van der Waals surface area (Å²) in [7, 11) is 0. The van der Waals surface area contributed by atoms with Crippen molar-refractivity contribution in [1.82, 2.24) is 0 Å². The van der Waals surface area contributed by atoms with Crippen LogP contribution < -0.4 is 18.9 Å². The highest BCUT2D eigenvalue weighted by atomic mass is 16.6. The maximum absolute atomic E-state index is 11.7. The van der Waals surface area contributed by atoms with Crippen molar-refractivity contribution < 1.29 is 42.6 Å². The second-order valence-electron chi connectivity index (χ2n) is 8.87. The molecule has 0 spiro atoms. The lowest BCUT2D eigenvalue weighted by atomic mass is 10.2. The summed E-state index contributed by atoms with van der Waals surface area (Å²) >= 11 is 0. The van der Waals surface area contributed by atoms with Gasteiger partial charge in [0.15, 0.2) is 12.4 Å². The Hall–Kier alpha value is -3.74. The minimum Gasteiger partial charge on any atom is -0.618 e. The summed E-state index contributed by atoms with van der Waals surface area (Å²) in [6, 6.07) is 17.9. The van der Waals surface area contributed by atoms with Gasteiger partial charge in [0.25, 0.3) is 0 Å². The van der Waals surface area contributed by atoms with Crippen LogP contribution in [0.15, 0.2) is 73.1 Å². The highest BCUT2D eigenvalue weighted by molar-refractivity contribution is 5.77. The summed E-state index contributed by atoms with van der Waals surface area (Å²) in [5.74, 6) is 1.39. The molecule has 0 amide bonds. The van der Waals surface area contributed by atoms with Gasteiger partial charge < -0.3 is 43.6 Å². The van der Waals surface area contributed by atoms with Gasteiger partial charge in [0.1, 0.15) is 24.7 Å². The quantitative estimate of drug-likeness (QED) is 0.0901. The third-order valence-corrected chi connectivity index (χ3v) is 5.95. The average Bonchev–Trinajstić information content (AvgIpc) is 2.98. The van der Waals surface area contributed by atoms with Gasteiger partial charge in [-0.05, 0) is 36.4 Å².